The van der Waals surface area contributed by atoms with E-state index in [4.69, 9.17) is 4.74 Å². The third kappa shape index (κ3) is 6.61. The molecule has 0 spiro atoms. The van der Waals surface area contributed by atoms with E-state index >= 15 is 0 Å². The maximum Gasteiger partial charge on any atom is 0.0897 e. The molecule has 3 atom stereocenters. The van der Waals surface area contributed by atoms with Crippen LogP contribution in [0.15, 0.2) is 30.3 Å². The lowest BCUT2D eigenvalue weighted by Gasteiger charge is -2.22. The molecular formula is C16H25NO2S2. The second-order valence-corrected chi connectivity index (χ2v) is 7.82. The average Bonchev–Trinajstić information content (AvgIpc) is 2.54. The van der Waals surface area contributed by atoms with Crippen LogP contribution in [-0.2, 0) is 4.74 Å². The normalized spacial score (nSPS) is 21.9. The van der Waals surface area contributed by atoms with Gasteiger partial charge in [-0.3, -0.25) is 0 Å². The Labute approximate surface area is 136 Å². The molecule has 0 aromatic heterocycles. The molecule has 1 aromatic rings. The fourth-order valence-electron chi connectivity index (χ4n) is 2.20. The summed E-state index contributed by atoms with van der Waals surface area (Å²) in [4.78, 5) is 0. The molecule has 0 radical (unpaired) electrons. The summed E-state index contributed by atoms with van der Waals surface area (Å²) < 4.78 is 5.73. The summed E-state index contributed by atoms with van der Waals surface area (Å²) in [5.41, 5.74) is 1.15. The number of aliphatic hydroxyl groups is 1. The highest BCUT2D eigenvalue weighted by Gasteiger charge is 2.15. The van der Waals surface area contributed by atoms with Gasteiger partial charge in [-0.1, -0.05) is 30.3 Å². The second kappa shape index (κ2) is 9.74. The van der Waals surface area contributed by atoms with Gasteiger partial charge in [0.25, 0.3) is 0 Å². The van der Waals surface area contributed by atoms with Gasteiger partial charge in [0.05, 0.1) is 18.8 Å². The molecule has 5 heteroatoms. The molecule has 1 aromatic carbocycles. The fourth-order valence-corrected chi connectivity index (χ4v) is 4.85. The lowest BCUT2D eigenvalue weighted by Crippen LogP contribution is -2.36. The molecule has 1 aliphatic rings. The van der Waals surface area contributed by atoms with Gasteiger partial charge in [0, 0.05) is 35.6 Å². The first-order valence-corrected chi connectivity index (χ1v) is 9.70. The quantitative estimate of drug-likeness (QED) is 0.768. The number of ether oxygens (including phenoxy) is 1. The Balaban J connectivity index is 1.57. The smallest absolute Gasteiger partial charge is 0.0897 e. The molecule has 118 valence electrons. The number of nitrogens with one attached hydrogen (secondary N) is 1. The fraction of sp³-hybridized carbons (Fsp3) is 0.625. The topological polar surface area (TPSA) is 41.5 Å². The Morgan fingerprint density at radius 3 is 2.86 bits per heavy atom. The van der Waals surface area contributed by atoms with E-state index < -0.39 is 6.10 Å². The van der Waals surface area contributed by atoms with Gasteiger partial charge < -0.3 is 15.2 Å². The van der Waals surface area contributed by atoms with Crippen LogP contribution in [0.3, 0.4) is 0 Å². The number of benzene rings is 1. The lowest BCUT2D eigenvalue weighted by atomic mass is 10.1. The Kier molecular flexibility index (Phi) is 7.96. The molecule has 0 bridgehead atoms. The zero-order valence-corrected chi connectivity index (χ0v) is 14.2. The van der Waals surface area contributed by atoms with Crippen molar-refractivity contribution in [3.8, 4) is 0 Å². The molecule has 1 heterocycles. The zero-order valence-electron chi connectivity index (χ0n) is 12.5. The average molecular weight is 328 g/mol. The number of thioether (sulfide) groups is 2. The van der Waals surface area contributed by atoms with Crippen molar-refractivity contribution in [1.29, 1.82) is 0 Å². The summed E-state index contributed by atoms with van der Waals surface area (Å²) in [5.74, 6) is 3.74. The Morgan fingerprint density at radius 1 is 1.33 bits per heavy atom. The Bertz CT molecular complexity index is 385. The van der Waals surface area contributed by atoms with Crippen molar-refractivity contribution < 1.29 is 9.84 Å². The maximum atomic E-state index is 9.97. The zero-order chi connectivity index (χ0) is 14.9. The monoisotopic (exact) mass is 327 g/mol. The highest BCUT2D eigenvalue weighted by Crippen LogP contribution is 2.23. The van der Waals surface area contributed by atoms with Gasteiger partial charge in [-0.2, -0.15) is 23.5 Å². The SMILES string of the molecule is CC(OCC(O)CNCC1CSCCS1)c1ccccc1. The molecule has 3 nitrogen and oxygen atoms in total. The summed E-state index contributed by atoms with van der Waals surface area (Å²) in [6.45, 7) is 3.97. The number of hydrogen-bond donors (Lipinski definition) is 2. The largest absolute Gasteiger partial charge is 0.389 e. The summed E-state index contributed by atoms with van der Waals surface area (Å²) in [7, 11) is 0. The number of aliphatic hydroxyl groups excluding tert-OH is 1. The first-order chi connectivity index (χ1) is 10.3. The van der Waals surface area contributed by atoms with E-state index in [0.717, 1.165) is 12.1 Å². The van der Waals surface area contributed by atoms with Gasteiger partial charge in [-0.15, -0.1) is 0 Å². The minimum Gasteiger partial charge on any atom is -0.389 e. The van der Waals surface area contributed by atoms with Crippen LogP contribution < -0.4 is 5.32 Å². The van der Waals surface area contributed by atoms with E-state index in [9.17, 15) is 5.11 Å². The molecule has 1 saturated heterocycles. The van der Waals surface area contributed by atoms with E-state index in [2.05, 4.69) is 5.32 Å². The molecule has 2 N–H and O–H groups in total. The van der Waals surface area contributed by atoms with Crippen LogP contribution in [0.25, 0.3) is 0 Å². The molecule has 0 saturated carbocycles. The van der Waals surface area contributed by atoms with Gasteiger partial charge in [0.2, 0.25) is 0 Å². The number of hydrogen-bond acceptors (Lipinski definition) is 5. The first-order valence-electron chi connectivity index (χ1n) is 7.50. The van der Waals surface area contributed by atoms with Crippen LogP contribution in [0.2, 0.25) is 0 Å². The third-order valence-corrected chi connectivity index (χ3v) is 6.29. The molecule has 1 aliphatic heterocycles. The van der Waals surface area contributed by atoms with Gasteiger partial charge in [0.15, 0.2) is 0 Å². The van der Waals surface area contributed by atoms with Crippen molar-refractivity contribution in [2.45, 2.75) is 24.4 Å². The van der Waals surface area contributed by atoms with E-state index in [1.807, 2.05) is 60.8 Å². The summed E-state index contributed by atoms with van der Waals surface area (Å²) in [6.07, 6.45) is -0.427. The van der Waals surface area contributed by atoms with Crippen LogP contribution in [0.4, 0.5) is 0 Å². The minimum atomic E-state index is -0.447. The van der Waals surface area contributed by atoms with Crippen molar-refractivity contribution in [3.63, 3.8) is 0 Å². The Hall–Kier alpha value is -0.200. The Morgan fingerprint density at radius 2 is 2.14 bits per heavy atom. The van der Waals surface area contributed by atoms with Crippen LogP contribution in [0, 0.1) is 0 Å². The van der Waals surface area contributed by atoms with Gasteiger partial charge >= 0.3 is 0 Å². The molecule has 21 heavy (non-hydrogen) atoms. The van der Waals surface area contributed by atoms with Crippen molar-refractivity contribution in [1.82, 2.24) is 5.32 Å². The number of rotatable bonds is 8. The summed E-state index contributed by atoms with van der Waals surface area (Å²) >= 11 is 4.06. The summed E-state index contributed by atoms with van der Waals surface area (Å²) in [5, 5.41) is 14.0. The molecule has 1 fully saturated rings. The predicted octanol–water partition coefficient (Wildman–Crippen LogP) is 2.56. The van der Waals surface area contributed by atoms with Crippen LogP contribution in [0.5, 0.6) is 0 Å². The van der Waals surface area contributed by atoms with E-state index in [0.29, 0.717) is 18.4 Å². The van der Waals surface area contributed by atoms with Crippen molar-refractivity contribution in [3.05, 3.63) is 35.9 Å². The second-order valence-electron chi connectivity index (χ2n) is 5.27. The highest BCUT2D eigenvalue weighted by atomic mass is 32.2. The van der Waals surface area contributed by atoms with Crippen LogP contribution >= 0.6 is 23.5 Å². The minimum absolute atomic E-state index is 0.0196. The maximum absolute atomic E-state index is 9.97. The van der Waals surface area contributed by atoms with E-state index in [1.165, 1.54) is 17.3 Å². The molecular weight excluding hydrogens is 302 g/mol. The standard InChI is InChI=1S/C16H25NO2S2/c1-13(14-5-3-2-4-6-14)19-11-15(18)9-17-10-16-12-20-7-8-21-16/h2-6,13,15-18H,7-12H2,1H3. The van der Waals surface area contributed by atoms with Crippen molar-refractivity contribution in [2.75, 3.05) is 37.0 Å². The lowest BCUT2D eigenvalue weighted by molar-refractivity contribution is -0.00190. The molecule has 0 aliphatic carbocycles. The van der Waals surface area contributed by atoms with Gasteiger partial charge in [-0.05, 0) is 12.5 Å². The van der Waals surface area contributed by atoms with Gasteiger partial charge in [-0.25, -0.2) is 0 Å². The van der Waals surface area contributed by atoms with Crippen LogP contribution in [0.1, 0.15) is 18.6 Å². The van der Waals surface area contributed by atoms with E-state index in [-0.39, 0.29) is 6.10 Å². The third-order valence-electron chi connectivity index (χ3n) is 3.44. The first kappa shape index (κ1) is 17.2. The molecule has 3 unspecified atom stereocenters. The van der Waals surface area contributed by atoms with Crippen molar-refractivity contribution in [2.24, 2.45) is 0 Å². The highest BCUT2D eigenvalue weighted by molar-refractivity contribution is 8.06. The molecule has 0 amide bonds. The summed E-state index contributed by atoms with van der Waals surface area (Å²) in [6, 6.07) is 10.1. The van der Waals surface area contributed by atoms with Crippen LogP contribution in [-0.4, -0.2) is 53.4 Å². The van der Waals surface area contributed by atoms with Crippen molar-refractivity contribution >= 4 is 23.5 Å². The predicted molar refractivity (Wildman–Crippen MR) is 93.3 cm³/mol. The molecule has 2 rings (SSSR count). The van der Waals surface area contributed by atoms with E-state index in [1.54, 1.807) is 0 Å². The van der Waals surface area contributed by atoms with Gasteiger partial charge in [0.1, 0.15) is 0 Å².